The normalized spacial score (nSPS) is 11.0. The highest BCUT2D eigenvalue weighted by Crippen LogP contribution is 2.27. The summed E-state index contributed by atoms with van der Waals surface area (Å²) in [5.41, 5.74) is 0.253. The van der Waals surface area contributed by atoms with Crippen LogP contribution in [0.3, 0.4) is 0 Å². The minimum Gasteiger partial charge on any atom is -0.228 e. The molecule has 0 saturated heterocycles. The molecule has 0 N–H and O–H groups in total. The third-order valence-corrected chi connectivity index (χ3v) is 3.07. The van der Waals surface area contributed by atoms with Gasteiger partial charge in [-0.1, -0.05) is 11.6 Å². The molecule has 2 aromatic carbocycles. The maximum atomic E-state index is 13.7. The highest BCUT2D eigenvalue weighted by Gasteiger charge is 2.13. The molecule has 0 saturated carbocycles. The highest BCUT2D eigenvalue weighted by molar-refractivity contribution is 6.34. The zero-order valence-electron chi connectivity index (χ0n) is 9.87. The summed E-state index contributed by atoms with van der Waals surface area (Å²) in [6.45, 7) is 0. The Morgan fingerprint density at radius 1 is 0.850 bits per heavy atom. The topological polar surface area (TPSA) is 25.8 Å². The molecule has 3 aromatic rings. The molecule has 0 atom stereocenters. The fourth-order valence-electron chi connectivity index (χ4n) is 1.86. The zero-order chi connectivity index (χ0) is 14.3. The molecule has 0 aliphatic heterocycles. The fourth-order valence-corrected chi connectivity index (χ4v) is 2.10. The van der Waals surface area contributed by atoms with Crippen LogP contribution in [0.2, 0.25) is 5.15 Å². The number of hydrogen-bond acceptors (Lipinski definition) is 2. The molecule has 1 heterocycles. The Balaban J connectivity index is 2.26. The van der Waals surface area contributed by atoms with E-state index in [-0.39, 0.29) is 22.1 Å². The lowest BCUT2D eigenvalue weighted by atomic mass is 10.1. The van der Waals surface area contributed by atoms with E-state index in [1.807, 2.05) is 0 Å². The lowest BCUT2D eigenvalue weighted by molar-refractivity contribution is 0.585. The molecule has 3 rings (SSSR count). The first-order valence-corrected chi connectivity index (χ1v) is 6.00. The van der Waals surface area contributed by atoms with Gasteiger partial charge in [-0.25, -0.2) is 23.1 Å². The van der Waals surface area contributed by atoms with E-state index in [0.29, 0.717) is 5.39 Å². The van der Waals surface area contributed by atoms with Crippen molar-refractivity contribution < 1.29 is 13.2 Å². The highest BCUT2D eigenvalue weighted by atomic mass is 35.5. The van der Waals surface area contributed by atoms with E-state index in [0.717, 1.165) is 12.1 Å². The summed E-state index contributed by atoms with van der Waals surface area (Å²) in [5.74, 6) is -2.02. The van der Waals surface area contributed by atoms with Gasteiger partial charge in [-0.2, -0.15) is 0 Å². The summed E-state index contributed by atoms with van der Waals surface area (Å²) in [6.07, 6.45) is 0. The molecule has 0 aliphatic rings. The predicted octanol–water partition coefficient (Wildman–Crippen LogP) is 4.37. The first-order valence-electron chi connectivity index (χ1n) is 5.63. The van der Waals surface area contributed by atoms with E-state index in [1.165, 1.54) is 24.3 Å². The van der Waals surface area contributed by atoms with Crippen molar-refractivity contribution in [2.45, 2.75) is 0 Å². The SMILES string of the molecule is Fc1ccc(-c2nc(Cl)c3ccc(F)cc3n2)c(F)c1. The number of aromatic nitrogens is 2. The molecule has 0 bridgehead atoms. The van der Waals surface area contributed by atoms with Gasteiger partial charge in [0, 0.05) is 17.5 Å². The van der Waals surface area contributed by atoms with Gasteiger partial charge in [-0.3, -0.25) is 0 Å². The van der Waals surface area contributed by atoms with Gasteiger partial charge in [0.2, 0.25) is 0 Å². The standard InChI is InChI=1S/C14H6ClF3N2/c15-13-10-4-2-8(17)6-12(10)19-14(20-13)9-3-1-7(16)5-11(9)18/h1-6H. The first-order chi connectivity index (χ1) is 9.54. The van der Waals surface area contributed by atoms with Crippen LogP contribution in [0, 0.1) is 17.5 Å². The Labute approximate surface area is 116 Å². The van der Waals surface area contributed by atoms with Gasteiger partial charge < -0.3 is 0 Å². The smallest absolute Gasteiger partial charge is 0.164 e. The van der Waals surface area contributed by atoms with Crippen LogP contribution in [0.5, 0.6) is 0 Å². The van der Waals surface area contributed by atoms with Crippen molar-refractivity contribution in [2.24, 2.45) is 0 Å². The molecule has 0 fully saturated rings. The van der Waals surface area contributed by atoms with Crippen LogP contribution in [-0.4, -0.2) is 9.97 Å². The third kappa shape index (κ3) is 2.20. The van der Waals surface area contributed by atoms with Crippen molar-refractivity contribution in [2.75, 3.05) is 0 Å². The van der Waals surface area contributed by atoms with Gasteiger partial charge in [0.1, 0.15) is 22.6 Å². The van der Waals surface area contributed by atoms with Crippen LogP contribution in [-0.2, 0) is 0 Å². The van der Waals surface area contributed by atoms with Crippen molar-refractivity contribution in [3.63, 3.8) is 0 Å². The number of rotatable bonds is 1. The first kappa shape index (κ1) is 12.9. The van der Waals surface area contributed by atoms with Gasteiger partial charge in [-0.15, -0.1) is 0 Å². The van der Waals surface area contributed by atoms with Crippen molar-refractivity contribution in [1.82, 2.24) is 9.97 Å². The van der Waals surface area contributed by atoms with E-state index in [1.54, 1.807) is 0 Å². The Morgan fingerprint density at radius 3 is 2.30 bits per heavy atom. The number of nitrogens with zero attached hydrogens (tertiary/aromatic N) is 2. The minimum atomic E-state index is -0.809. The van der Waals surface area contributed by atoms with Gasteiger partial charge in [0.15, 0.2) is 5.82 Å². The number of halogens is 4. The maximum absolute atomic E-state index is 13.7. The molecule has 2 nitrogen and oxygen atoms in total. The molecule has 1 aromatic heterocycles. The van der Waals surface area contributed by atoms with Gasteiger partial charge >= 0.3 is 0 Å². The molecule has 0 amide bonds. The predicted molar refractivity (Wildman–Crippen MR) is 69.9 cm³/mol. The molecule has 0 aliphatic carbocycles. The molecule has 6 heteroatoms. The van der Waals surface area contributed by atoms with E-state index in [9.17, 15) is 13.2 Å². The van der Waals surface area contributed by atoms with E-state index >= 15 is 0 Å². The molecule has 20 heavy (non-hydrogen) atoms. The molecular formula is C14H6ClF3N2. The largest absolute Gasteiger partial charge is 0.228 e. The summed E-state index contributed by atoms with van der Waals surface area (Å²) in [6, 6.07) is 6.87. The quantitative estimate of drug-likeness (QED) is 0.623. The second-order valence-corrected chi connectivity index (χ2v) is 4.48. The second-order valence-electron chi connectivity index (χ2n) is 4.12. The van der Waals surface area contributed by atoms with Crippen LogP contribution in [0.25, 0.3) is 22.3 Å². The molecular weight excluding hydrogens is 289 g/mol. The number of hydrogen-bond donors (Lipinski definition) is 0. The monoisotopic (exact) mass is 294 g/mol. The second kappa shape index (κ2) is 4.76. The summed E-state index contributed by atoms with van der Waals surface area (Å²) < 4.78 is 39.8. The molecule has 0 radical (unpaired) electrons. The Bertz CT molecular complexity index is 821. The van der Waals surface area contributed by atoms with E-state index < -0.39 is 17.5 Å². The van der Waals surface area contributed by atoms with E-state index in [2.05, 4.69) is 9.97 Å². The van der Waals surface area contributed by atoms with Crippen molar-refractivity contribution in [3.8, 4) is 11.4 Å². The molecule has 0 unspecified atom stereocenters. The van der Waals surface area contributed by atoms with Crippen molar-refractivity contribution in [3.05, 3.63) is 59.0 Å². The Hall–Kier alpha value is -2.14. The van der Waals surface area contributed by atoms with Crippen LogP contribution < -0.4 is 0 Å². The summed E-state index contributed by atoms with van der Waals surface area (Å²) in [4.78, 5) is 8.02. The summed E-state index contributed by atoms with van der Waals surface area (Å²) in [5, 5.41) is 0.535. The average Bonchev–Trinajstić information content (AvgIpc) is 2.37. The average molecular weight is 295 g/mol. The Kier molecular flexibility index (Phi) is 3.06. The van der Waals surface area contributed by atoms with E-state index in [4.69, 9.17) is 11.6 Å². The van der Waals surface area contributed by atoms with Gasteiger partial charge in [-0.05, 0) is 24.3 Å². The van der Waals surface area contributed by atoms with Crippen LogP contribution in [0.15, 0.2) is 36.4 Å². The molecule has 100 valence electrons. The van der Waals surface area contributed by atoms with Crippen LogP contribution >= 0.6 is 11.6 Å². The molecule has 0 spiro atoms. The van der Waals surface area contributed by atoms with Gasteiger partial charge in [0.25, 0.3) is 0 Å². The number of benzene rings is 2. The third-order valence-electron chi connectivity index (χ3n) is 2.78. The fraction of sp³-hybridized carbons (Fsp3) is 0. The summed E-state index contributed by atoms with van der Waals surface area (Å²) >= 11 is 5.98. The summed E-state index contributed by atoms with van der Waals surface area (Å²) in [7, 11) is 0. The van der Waals surface area contributed by atoms with Gasteiger partial charge in [0.05, 0.1) is 11.1 Å². The Morgan fingerprint density at radius 2 is 1.55 bits per heavy atom. The van der Waals surface area contributed by atoms with Crippen LogP contribution in [0.1, 0.15) is 0 Å². The van der Waals surface area contributed by atoms with Crippen molar-refractivity contribution in [1.29, 1.82) is 0 Å². The lowest BCUT2D eigenvalue weighted by Crippen LogP contribution is -1.95. The zero-order valence-corrected chi connectivity index (χ0v) is 10.6. The number of fused-ring (bicyclic) bond motifs is 1. The maximum Gasteiger partial charge on any atom is 0.164 e. The lowest BCUT2D eigenvalue weighted by Gasteiger charge is -2.05. The van der Waals surface area contributed by atoms with Crippen LogP contribution in [0.4, 0.5) is 13.2 Å². The minimum absolute atomic E-state index is 0.000499. The van der Waals surface area contributed by atoms with Crippen molar-refractivity contribution >= 4 is 22.5 Å².